The molecule has 110 valence electrons. The van der Waals surface area contributed by atoms with Gasteiger partial charge in [-0.2, -0.15) is 0 Å². The number of carbonyl (C=O) groups is 1. The lowest BCUT2D eigenvalue weighted by Gasteiger charge is -2.23. The normalized spacial score (nSPS) is 23.0. The fourth-order valence-electron chi connectivity index (χ4n) is 3.23. The largest absolute Gasteiger partial charge is 0.326 e. The molecule has 1 amide bonds. The van der Waals surface area contributed by atoms with Crippen molar-refractivity contribution >= 4 is 24.0 Å². The third kappa shape index (κ3) is 2.96. The molecule has 3 rings (SSSR count). The van der Waals surface area contributed by atoms with E-state index in [1.165, 1.54) is 12.1 Å². The van der Waals surface area contributed by atoms with Crippen molar-refractivity contribution < 1.29 is 9.18 Å². The van der Waals surface area contributed by atoms with Gasteiger partial charge in [-0.1, -0.05) is 0 Å². The summed E-state index contributed by atoms with van der Waals surface area (Å²) in [6.45, 7) is 3.83. The van der Waals surface area contributed by atoms with Crippen LogP contribution in [0.4, 0.5) is 10.1 Å². The number of carbonyl (C=O) groups excluding carboxylic acids is 1. The third-order valence-corrected chi connectivity index (χ3v) is 4.42. The number of hydrogen-bond donors (Lipinski definition) is 2. The summed E-state index contributed by atoms with van der Waals surface area (Å²) in [6, 6.07) is 4.64. The Balaban J connectivity index is 0.00000147. The summed E-state index contributed by atoms with van der Waals surface area (Å²) in [7, 11) is 0. The van der Waals surface area contributed by atoms with Gasteiger partial charge >= 0.3 is 0 Å². The predicted molar refractivity (Wildman–Crippen MR) is 79.7 cm³/mol. The van der Waals surface area contributed by atoms with Crippen LogP contribution in [-0.4, -0.2) is 19.0 Å². The molecule has 1 unspecified atom stereocenters. The minimum atomic E-state index is -0.303. The van der Waals surface area contributed by atoms with Crippen molar-refractivity contribution in [1.82, 2.24) is 5.32 Å². The number of nitrogens with one attached hydrogen (secondary N) is 2. The summed E-state index contributed by atoms with van der Waals surface area (Å²) >= 11 is 0. The Labute approximate surface area is 124 Å². The third-order valence-electron chi connectivity index (χ3n) is 4.42. The van der Waals surface area contributed by atoms with E-state index in [4.69, 9.17) is 0 Å². The number of amides is 1. The zero-order valence-electron chi connectivity index (χ0n) is 11.5. The van der Waals surface area contributed by atoms with Gasteiger partial charge < -0.3 is 10.6 Å². The lowest BCUT2D eigenvalue weighted by Crippen LogP contribution is -2.31. The van der Waals surface area contributed by atoms with Gasteiger partial charge in [0.15, 0.2) is 0 Å². The van der Waals surface area contributed by atoms with Crippen molar-refractivity contribution in [1.29, 1.82) is 0 Å². The molecule has 5 heteroatoms. The van der Waals surface area contributed by atoms with E-state index in [0.29, 0.717) is 5.69 Å². The first-order valence-electron chi connectivity index (χ1n) is 6.88. The van der Waals surface area contributed by atoms with Crippen molar-refractivity contribution in [3.05, 3.63) is 29.6 Å². The number of aryl methyl sites for hydroxylation is 1. The Morgan fingerprint density at radius 1 is 1.35 bits per heavy atom. The van der Waals surface area contributed by atoms with Gasteiger partial charge in [0.1, 0.15) is 5.82 Å². The molecule has 1 spiro atoms. The van der Waals surface area contributed by atoms with Crippen LogP contribution in [0.1, 0.15) is 24.8 Å². The lowest BCUT2D eigenvalue weighted by molar-refractivity contribution is -0.118. The second-order valence-electron chi connectivity index (χ2n) is 5.88. The van der Waals surface area contributed by atoms with E-state index < -0.39 is 0 Å². The van der Waals surface area contributed by atoms with Crippen LogP contribution in [-0.2, 0) is 4.79 Å². The number of anilines is 1. The fraction of sp³-hybridized carbons (Fsp3) is 0.533. The van der Waals surface area contributed by atoms with Gasteiger partial charge in [0, 0.05) is 11.6 Å². The molecule has 3 nitrogen and oxygen atoms in total. The highest BCUT2D eigenvalue weighted by Gasteiger charge is 2.57. The molecule has 2 aliphatic rings. The first-order chi connectivity index (χ1) is 9.09. The average molecular weight is 299 g/mol. The summed E-state index contributed by atoms with van der Waals surface area (Å²) in [4.78, 5) is 12.2. The van der Waals surface area contributed by atoms with Gasteiger partial charge in [0.25, 0.3) is 0 Å². The number of hydrogen-bond acceptors (Lipinski definition) is 2. The van der Waals surface area contributed by atoms with Crippen molar-refractivity contribution in [3.8, 4) is 0 Å². The minimum Gasteiger partial charge on any atom is -0.326 e. The SMILES string of the molecule is Cc1cc(F)cc(NC(=O)C2CC23CCNCC3)c1.Cl. The van der Waals surface area contributed by atoms with Crippen LogP contribution in [0.5, 0.6) is 0 Å². The molecule has 1 atom stereocenters. The lowest BCUT2D eigenvalue weighted by atomic mass is 9.92. The van der Waals surface area contributed by atoms with Crippen LogP contribution >= 0.6 is 12.4 Å². The number of rotatable bonds is 2. The molecule has 1 aliphatic carbocycles. The zero-order valence-corrected chi connectivity index (χ0v) is 12.4. The van der Waals surface area contributed by atoms with Gasteiger partial charge in [0.05, 0.1) is 0 Å². The van der Waals surface area contributed by atoms with Crippen LogP contribution in [0.15, 0.2) is 18.2 Å². The molecular weight excluding hydrogens is 279 g/mol. The Morgan fingerprint density at radius 2 is 2.05 bits per heavy atom. The topological polar surface area (TPSA) is 41.1 Å². The molecule has 0 radical (unpaired) electrons. The zero-order chi connectivity index (χ0) is 13.5. The summed E-state index contributed by atoms with van der Waals surface area (Å²) in [5.74, 6) is -0.146. The van der Waals surface area contributed by atoms with E-state index in [0.717, 1.165) is 37.9 Å². The molecule has 2 fully saturated rings. The highest BCUT2D eigenvalue weighted by atomic mass is 35.5. The van der Waals surface area contributed by atoms with E-state index in [1.54, 1.807) is 6.07 Å². The van der Waals surface area contributed by atoms with Crippen LogP contribution in [0.2, 0.25) is 0 Å². The molecule has 1 saturated carbocycles. The molecule has 20 heavy (non-hydrogen) atoms. The smallest absolute Gasteiger partial charge is 0.228 e. The van der Waals surface area contributed by atoms with E-state index in [9.17, 15) is 9.18 Å². The van der Waals surface area contributed by atoms with E-state index in [1.807, 2.05) is 6.92 Å². The Bertz CT molecular complexity index is 494. The second-order valence-corrected chi connectivity index (χ2v) is 5.88. The number of halogens is 2. The summed E-state index contributed by atoms with van der Waals surface area (Å²) in [5.41, 5.74) is 1.61. The van der Waals surface area contributed by atoms with Crippen LogP contribution in [0.3, 0.4) is 0 Å². The maximum Gasteiger partial charge on any atom is 0.228 e. The fourth-order valence-corrected chi connectivity index (χ4v) is 3.23. The Hall–Kier alpha value is -1.13. The predicted octanol–water partition coefficient (Wildman–Crippen LogP) is 2.88. The quantitative estimate of drug-likeness (QED) is 0.881. The minimum absolute atomic E-state index is 0. The van der Waals surface area contributed by atoms with Crippen molar-refractivity contribution in [2.75, 3.05) is 18.4 Å². The summed E-state index contributed by atoms with van der Waals surface area (Å²) in [5, 5.41) is 6.18. The molecule has 0 bridgehead atoms. The van der Waals surface area contributed by atoms with Gasteiger partial charge in [-0.3, -0.25) is 4.79 Å². The van der Waals surface area contributed by atoms with Gasteiger partial charge in [-0.05, 0) is 68.5 Å². The Morgan fingerprint density at radius 3 is 2.70 bits per heavy atom. The van der Waals surface area contributed by atoms with E-state index in [-0.39, 0.29) is 35.5 Å². The van der Waals surface area contributed by atoms with Crippen molar-refractivity contribution in [2.45, 2.75) is 26.2 Å². The van der Waals surface area contributed by atoms with Crippen LogP contribution in [0.25, 0.3) is 0 Å². The van der Waals surface area contributed by atoms with Crippen LogP contribution < -0.4 is 10.6 Å². The molecule has 2 N–H and O–H groups in total. The van der Waals surface area contributed by atoms with Crippen molar-refractivity contribution in [2.24, 2.45) is 11.3 Å². The monoisotopic (exact) mass is 298 g/mol. The number of benzene rings is 1. The first kappa shape index (κ1) is 15.3. The second kappa shape index (κ2) is 5.70. The number of piperidine rings is 1. The molecule has 1 aromatic rings. The maximum absolute atomic E-state index is 13.3. The van der Waals surface area contributed by atoms with Gasteiger partial charge in [-0.15, -0.1) is 12.4 Å². The molecular formula is C15H20ClFN2O. The molecule has 1 aliphatic heterocycles. The summed E-state index contributed by atoms with van der Waals surface area (Å²) < 4.78 is 13.3. The van der Waals surface area contributed by atoms with Gasteiger partial charge in [-0.25, -0.2) is 4.39 Å². The Kier molecular flexibility index (Phi) is 4.35. The molecule has 0 aromatic heterocycles. The highest BCUT2D eigenvalue weighted by Crippen LogP contribution is 2.58. The highest BCUT2D eigenvalue weighted by molar-refractivity contribution is 5.95. The maximum atomic E-state index is 13.3. The molecule has 1 saturated heterocycles. The van der Waals surface area contributed by atoms with Gasteiger partial charge in [0.2, 0.25) is 5.91 Å². The van der Waals surface area contributed by atoms with Crippen molar-refractivity contribution in [3.63, 3.8) is 0 Å². The molecule has 1 aromatic carbocycles. The standard InChI is InChI=1S/C15H19FN2O.ClH/c1-10-6-11(16)8-12(7-10)18-14(19)13-9-15(13)2-4-17-5-3-15;/h6-8,13,17H,2-5,9H2,1H3,(H,18,19);1H. The summed E-state index contributed by atoms with van der Waals surface area (Å²) in [6.07, 6.45) is 3.13. The van der Waals surface area contributed by atoms with Crippen LogP contribution in [0, 0.1) is 24.1 Å². The molecule has 1 heterocycles. The van der Waals surface area contributed by atoms with E-state index >= 15 is 0 Å². The average Bonchev–Trinajstić information content (AvgIpc) is 3.02. The first-order valence-corrected chi connectivity index (χ1v) is 6.88. The van der Waals surface area contributed by atoms with E-state index in [2.05, 4.69) is 10.6 Å².